The first kappa shape index (κ1) is 15.9. The van der Waals surface area contributed by atoms with Gasteiger partial charge in [-0.2, -0.15) is 0 Å². The molecule has 0 aliphatic heterocycles. The first-order valence-corrected chi connectivity index (χ1v) is 7.69. The number of carbonyl (C=O) groups excluding carboxylic acids is 1. The molecule has 0 saturated carbocycles. The van der Waals surface area contributed by atoms with E-state index < -0.39 is 0 Å². The van der Waals surface area contributed by atoms with E-state index in [2.05, 4.69) is 26.6 Å². The lowest BCUT2D eigenvalue weighted by Crippen LogP contribution is -2.21. The summed E-state index contributed by atoms with van der Waals surface area (Å²) in [6, 6.07) is 11.3. The quantitative estimate of drug-likeness (QED) is 0.817. The molecule has 0 spiro atoms. The number of amides is 1. The average Bonchev–Trinajstić information content (AvgIpc) is 2.44. The van der Waals surface area contributed by atoms with Crippen LogP contribution in [0.4, 0.5) is 11.4 Å². The van der Waals surface area contributed by atoms with E-state index in [0.29, 0.717) is 10.7 Å². The molecule has 0 radical (unpaired) electrons. The van der Waals surface area contributed by atoms with E-state index in [1.165, 1.54) is 0 Å². The van der Waals surface area contributed by atoms with Gasteiger partial charge >= 0.3 is 0 Å². The maximum atomic E-state index is 11.9. The van der Waals surface area contributed by atoms with Gasteiger partial charge in [-0.1, -0.05) is 33.6 Å². The van der Waals surface area contributed by atoms with Crippen molar-refractivity contribution in [2.45, 2.75) is 13.8 Å². The standard InChI is InChI=1S/C16H16BrClN2O/c1-10-3-4-13(8-15(10)18)20-16(21)9-19-12-5-6-14(17)11(2)7-12/h3-8,19H,9H2,1-2H3,(H,20,21). The number of halogens is 2. The largest absolute Gasteiger partial charge is 0.376 e. The molecule has 0 bridgehead atoms. The van der Waals surface area contributed by atoms with Gasteiger partial charge in [-0.3, -0.25) is 4.79 Å². The van der Waals surface area contributed by atoms with Crippen molar-refractivity contribution in [1.29, 1.82) is 0 Å². The van der Waals surface area contributed by atoms with E-state index in [0.717, 1.165) is 21.3 Å². The normalized spacial score (nSPS) is 10.3. The summed E-state index contributed by atoms with van der Waals surface area (Å²) >= 11 is 9.48. The smallest absolute Gasteiger partial charge is 0.243 e. The van der Waals surface area contributed by atoms with Crippen molar-refractivity contribution >= 4 is 44.8 Å². The van der Waals surface area contributed by atoms with Gasteiger partial charge in [0.1, 0.15) is 0 Å². The Balaban J connectivity index is 1.92. The van der Waals surface area contributed by atoms with Crippen LogP contribution >= 0.6 is 27.5 Å². The molecule has 2 aromatic carbocycles. The third kappa shape index (κ3) is 4.48. The maximum Gasteiger partial charge on any atom is 0.243 e. The van der Waals surface area contributed by atoms with Gasteiger partial charge in [0.25, 0.3) is 0 Å². The molecular weight excluding hydrogens is 352 g/mol. The molecule has 0 aromatic heterocycles. The summed E-state index contributed by atoms with van der Waals surface area (Å²) in [7, 11) is 0. The second kappa shape index (κ2) is 6.96. The summed E-state index contributed by atoms with van der Waals surface area (Å²) in [6.07, 6.45) is 0. The van der Waals surface area contributed by atoms with Crippen molar-refractivity contribution in [2.75, 3.05) is 17.2 Å². The molecule has 0 aliphatic rings. The third-order valence-electron chi connectivity index (χ3n) is 3.07. The number of hydrogen-bond acceptors (Lipinski definition) is 2. The Kier molecular flexibility index (Phi) is 5.26. The molecule has 0 unspecified atom stereocenters. The van der Waals surface area contributed by atoms with E-state index in [4.69, 9.17) is 11.6 Å². The SMILES string of the molecule is Cc1ccc(NC(=O)CNc2ccc(Br)c(C)c2)cc1Cl. The van der Waals surface area contributed by atoms with Crippen LogP contribution in [0.5, 0.6) is 0 Å². The number of anilines is 2. The molecule has 2 rings (SSSR count). The van der Waals surface area contributed by atoms with Gasteiger partial charge in [0.2, 0.25) is 5.91 Å². The van der Waals surface area contributed by atoms with Gasteiger partial charge < -0.3 is 10.6 Å². The zero-order valence-corrected chi connectivity index (χ0v) is 14.2. The van der Waals surface area contributed by atoms with Gasteiger partial charge in [-0.25, -0.2) is 0 Å². The molecule has 0 atom stereocenters. The Morgan fingerprint density at radius 1 is 1.10 bits per heavy atom. The highest BCUT2D eigenvalue weighted by Gasteiger charge is 2.04. The van der Waals surface area contributed by atoms with Crippen LogP contribution in [0.3, 0.4) is 0 Å². The fraction of sp³-hybridized carbons (Fsp3) is 0.188. The first-order valence-electron chi connectivity index (χ1n) is 6.52. The molecule has 0 fully saturated rings. The van der Waals surface area contributed by atoms with E-state index in [1.807, 2.05) is 44.2 Å². The summed E-state index contributed by atoms with van der Waals surface area (Å²) < 4.78 is 1.05. The number of hydrogen-bond donors (Lipinski definition) is 2. The third-order valence-corrected chi connectivity index (χ3v) is 4.36. The maximum absolute atomic E-state index is 11.9. The van der Waals surface area contributed by atoms with Crippen LogP contribution in [-0.4, -0.2) is 12.5 Å². The zero-order chi connectivity index (χ0) is 15.4. The number of aryl methyl sites for hydroxylation is 2. The number of rotatable bonds is 4. The van der Waals surface area contributed by atoms with Crippen LogP contribution < -0.4 is 10.6 Å². The molecule has 2 N–H and O–H groups in total. The topological polar surface area (TPSA) is 41.1 Å². The molecule has 3 nitrogen and oxygen atoms in total. The molecule has 0 saturated heterocycles. The average molecular weight is 368 g/mol. The minimum Gasteiger partial charge on any atom is -0.376 e. The summed E-state index contributed by atoms with van der Waals surface area (Å²) in [6.45, 7) is 4.13. The van der Waals surface area contributed by atoms with Gasteiger partial charge in [0.05, 0.1) is 6.54 Å². The van der Waals surface area contributed by atoms with Crippen molar-refractivity contribution in [2.24, 2.45) is 0 Å². The Labute approximate surface area is 137 Å². The van der Waals surface area contributed by atoms with E-state index in [9.17, 15) is 4.79 Å². The molecule has 0 heterocycles. The Hall–Kier alpha value is -1.52. The fourth-order valence-electron chi connectivity index (χ4n) is 1.81. The van der Waals surface area contributed by atoms with E-state index in [1.54, 1.807) is 6.07 Å². The predicted molar refractivity (Wildman–Crippen MR) is 92.2 cm³/mol. The van der Waals surface area contributed by atoms with Crippen molar-refractivity contribution in [3.8, 4) is 0 Å². The second-order valence-corrected chi connectivity index (χ2v) is 6.09. The fourth-order valence-corrected chi connectivity index (χ4v) is 2.24. The highest BCUT2D eigenvalue weighted by atomic mass is 79.9. The lowest BCUT2D eigenvalue weighted by atomic mass is 10.2. The van der Waals surface area contributed by atoms with Crippen LogP contribution in [0.15, 0.2) is 40.9 Å². The van der Waals surface area contributed by atoms with Crippen LogP contribution in [0, 0.1) is 13.8 Å². The highest BCUT2D eigenvalue weighted by molar-refractivity contribution is 9.10. The van der Waals surface area contributed by atoms with Gasteiger partial charge in [0.15, 0.2) is 0 Å². The van der Waals surface area contributed by atoms with E-state index >= 15 is 0 Å². The highest BCUT2D eigenvalue weighted by Crippen LogP contribution is 2.21. The van der Waals surface area contributed by atoms with E-state index in [-0.39, 0.29) is 12.5 Å². The molecular formula is C16H16BrClN2O. The molecule has 5 heteroatoms. The summed E-state index contributed by atoms with van der Waals surface area (Å²) in [4.78, 5) is 11.9. The molecule has 21 heavy (non-hydrogen) atoms. The Morgan fingerprint density at radius 2 is 1.81 bits per heavy atom. The van der Waals surface area contributed by atoms with Gasteiger partial charge in [-0.05, 0) is 55.3 Å². The van der Waals surface area contributed by atoms with Crippen LogP contribution in [0.2, 0.25) is 5.02 Å². The Bertz CT molecular complexity index is 673. The summed E-state index contributed by atoms with van der Waals surface area (Å²) in [5, 5.41) is 6.55. The number of benzene rings is 2. The van der Waals surface area contributed by atoms with Crippen LogP contribution in [0.1, 0.15) is 11.1 Å². The number of carbonyl (C=O) groups is 1. The lowest BCUT2D eigenvalue weighted by molar-refractivity contribution is -0.114. The lowest BCUT2D eigenvalue weighted by Gasteiger charge is -2.10. The molecule has 1 amide bonds. The number of nitrogens with one attached hydrogen (secondary N) is 2. The Morgan fingerprint density at radius 3 is 2.48 bits per heavy atom. The zero-order valence-electron chi connectivity index (χ0n) is 11.8. The van der Waals surface area contributed by atoms with Crippen molar-refractivity contribution in [3.05, 3.63) is 57.0 Å². The summed E-state index contributed by atoms with van der Waals surface area (Å²) in [5.41, 5.74) is 3.71. The van der Waals surface area contributed by atoms with Crippen molar-refractivity contribution in [3.63, 3.8) is 0 Å². The van der Waals surface area contributed by atoms with Gasteiger partial charge in [0, 0.05) is 20.9 Å². The first-order chi connectivity index (χ1) is 9.95. The minimum absolute atomic E-state index is 0.115. The van der Waals surface area contributed by atoms with Crippen molar-refractivity contribution < 1.29 is 4.79 Å². The van der Waals surface area contributed by atoms with Crippen molar-refractivity contribution in [1.82, 2.24) is 0 Å². The minimum atomic E-state index is -0.115. The monoisotopic (exact) mass is 366 g/mol. The van der Waals surface area contributed by atoms with Crippen LogP contribution in [-0.2, 0) is 4.79 Å². The predicted octanol–water partition coefficient (Wildman–Crippen LogP) is 4.77. The molecule has 2 aromatic rings. The molecule has 110 valence electrons. The van der Waals surface area contributed by atoms with Crippen LogP contribution in [0.25, 0.3) is 0 Å². The molecule has 0 aliphatic carbocycles. The second-order valence-electron chi connectivity index (χ2n) is 4.83. The van der Waals surface area contributed by atoms with Gasteiger partial charge in [-0.15, -0.1) is 0 Å². The summed E-state index contributed by atoms with van der Waals surface area (Å²) in [5.74, 6) is -0.115.